The summed E-state index contributed by atoms with van der Waals surface area (Å²) in [5.74, 6) is 0.480. The van der Waals surface area contributed by atoms with Crippen molar-refractivity contribution in [2.75, 3.05) is 5.32 Å². The Kier molecular flexibility index (Phi) is 7.11. The van der Waals surface area contributed by atoms with Crippen molar-refractivity contribution in [1.82, 2.24) is 15.0 Å². The number of benzene rings is 2. The summed E-state index contributed by atoms with van der Waals surface area (Å²) in [6.45, 7) is 3.87. The molecule has 8 nitrogen and oxygen atoms in total. The van der Waals surface area contributed by atoms with Gasteiger partial charge in [0.15, 0.2) is 0 Å². The first-order chi connectivity index (χ1) is 19.0. The Morgan fingerprint density at radius 1 is 0.925 bits per heavy atom. The first-order valence-electron chi connectivity index (χ1n) is 12.1. The number of rotatable bonds is 7. The minimum absolute atomic E-state index is 0.0149. The fraction of sp³-hybridized carbons (Fsp3) is 0.143. The smallest absolute Gasteiger partial charge is 0.325 e. The molecule has 2 aromatic carbocycles. The molecule has 3 aromatic heterocycles. The highest BCUT2D eigenvalue weighted by atomic mass is 32.2. The van der Waals surface area contributed by atoms with Crippen molar-refractivity contribution in [2.45, 2.75) is 30.8 Å². The van der Waals surface area contributed by atoms with Gasteiger partial charge in [-0.25, -0.2) is 15.0 Å². The standard InChI is InChI=1S/C28H23F3N5O3S/c1-18(2)25-26(33-17-34-27(25)35-24-13-12-21(16-32-24)28(29,30)31)20-11-10-19-7-6-14-36(23(19)15-20)39-40(37,38)22-8-4-3-5-9-22/h3-18H,1-2H3,(H,32,33,34,35)/q+1. The predicted octanol–water partition coefficient (Wildman–Crippen LogP) is 5.68. The molecule has 5 aromatic rings. The molecule has 0 unspecified atom stereocenters. The summed E-state index contributed by atoms with van der Waals surface area (Å²) >= 11 is 0. The van der Waals surface area contributed by atoms with Gasteiger partial charge in [0, 0.05) is 34.2 Å². The van der Waals surface area contributed by atoms with Crippen LogP contribution in [0.1, 0.15) is 30.9 Å². The van der Waals surface area contributed by atoms with Crippen molar-refractivity contribution in [3.05, 3.63) is 103 Å². The van der Waals surface area contributed by atoms with E-state index in [1.165, 1.54) is 35.5 Å². The van der Waals surface area contributed by atoms with Gasteiger partial charge in [-0.05, 0) is 42.3 Å². The third kappa shape index (κ3) is 5.57. The molecule has 0 saturated heterocycles. The van der Waals surface area contributed by atoms with Crippen LogP contribution in [0.15, 0.2) is 96.4 Å². The molecular formula is C28H23F3N5O3S+. The monoisotopic (exact) mass is 566 g/mol. The topological polar surface area (TPSA) is 97.9 Å². The molecule has 40 heavy (non-hydrogen) atoms. The van der Waals surface area contributed by atoms with Crippen molar-refractivity contribution < 1.29 is 30.6 Å². The van der Waals surface area contributed by atoms with E-state index in [0.717, 1.165) is 17.6 Å². The van der Waals surface area contributed by atoms with Gasteiger partial charge < -0.3 is 5.32 Å². The van der Waals surface area contributed by atoms with Crippen LogP contribution in [0.3, 0.4) is 0 Å². The molecule has 0 aliphatic carbocycles. The zero-order valence-electron chi connectivity index (χ0n) is 21.3. The van der Waals surface area contributed by atoms with Crippen LogP contribution >= 0.6 is 0 Å². The molecule has 0 atom stereocenters. The van der Waals surface area contributed by atoms with Gasteiger partial charge in [0.2, 0.25) is 6.20 Å². The lowest BCUT2D eigenvalue weighted by Crippen LogP contribution is -2.45. The zero-order chi connectivity index (χ0) is 28.5. The third-order valence-electron chi connectivity index (χ3n) is 6.05. The zero-order valence-corrected chi connectivity index (χ0v) is 22.1. The second-order valence-corrected chi connectivity index (χ2v) is 10.7. The summed E-state index contributed by atoms with van der Waals surface area (Å²) in [5.41, 5.74) is 1.53. The lowest BCUT2D eigenvalue weighted by Gasteiger charge is -2.17. The number of fused-ring (bicyclic) bond motifs is 1. The van der Waals surface area contributed by atoms with E-state index in [1.54, 1.807) is 30.3 Å². The van der Waals surface area contributed by atoms with Crippen LogP contribution in [-0.2, 0) is 16.3 Å². The lowest BCUT2D eigenvalue weighted by molar-refractivity contribution is -0.835. The molecule has 0 amide bonds. The van der Waals surface area contributed by atoms with E-state index < -0.39 is 21.9 Å². The molecular weight excluding hydrogens is 543 g/mol. The maximum Gasteiger partial charge on any atom is 0.417 e. The van der Waals surface area contributed by atoms with Gasteiger partial charge in [0.1, 0.15) is 22.9 Å². The summed E-state index contributed by atoms with van der Waals surface area (Å²) in [5, 5.41) is 3.73. The molecule has 0 saturated carbocycles. The molecule has 3 heterocycles. The van der Waals surface area contributed by atoms with Crippen LogP contribution < -0.4 is 14.3 Å². The van der Waals surface area contributed by atoms with E-state index in [9.17, 15) is 21.6 Å². The highest BCUT2D eigenvalue weighted by Gasteiger charge is 2.31. The average molecular weight is 567 g/mol. The van der Waals surface area contributed by atoms with Gasteiger partial charge in [-0.1, -0.05) is 38.1 Å². The average Bonchev–Trinajstić information content (AvgIpc) is 2.93. The molecule has 0 fully saturated rings. The van der Waals surface area contributed by atoms with Crippen molar-refractivity contribution in [3.8, 4) is 11.3 Å². The Bertz CT molecular complexity index is 1780. The maximum atomic E-state index is 12.9. The van der Waals surface area contributed by atoms with Crippen LogP contribution in [0, 0.1) is 0 Å². The van der Waals surface area contributed by atoms with E-state index in [2.05, 4.69) is 20.3 Å². The Hall–Kier alpha value is -4.58. The number of hydrogen-bond donors (Lipinski definition) is 1. The van der Waals surface area contributed by atoms with Crippen LogP contribution in [-0.4, -0.2) is 23.4 Å². The fourth-order valence-corrected chi connectivity index (χ4v) is 5.08. The highest BCUT2D eigenvalue weighted by Crippen LogP contribution is 2.34. The summed E-state index contributed by atoms with van der Waals surface area (Å²) < 4.78 is 71.3. The number of aromatic nitrogens is 4. The molecule has 12 heteroatoms. The molecule has 1 N–H and O–H groups in total. The minimum atomic E-state index is -4.49. The number of alkyl halides is 3. The van der Waals surface area contributed by atoms with Crippen LogP contribution in [0.25, 0.3) is 22.2 Å². The van der Waals surface area contributed by atoms with Crippen LogP contribution in [0.4, 0.5) is 24.8 Å². The highest BCUT2D eigenvalue weighted by molar-refractivity contribution is 7.86. The van der Waals surface area contributed by atoms with E-state index in [4.69, 9.17) is 4.28 Å². The van der Waals surface area contributed by atoms with Crippen molar-refractivity contribution in [3.63, 3.8) is 0 Å². The normalized spacial score (nSPS) is 12.1. The minimum Gasteiger partial charge on any atom is -0.325 e. The molecule has 5 rings (SSSR count). The number of hydrogen-bond acceptors (Lipinski definition) is 7. The number of anilines is 2. The fourth-order valence-electron chi connectivity index (χ4n) is 4.16. The Morgan fingerprint density at radius 2 is 1.70 bits per heavy atom. The second kappa shape index (κ2) is 10.5. The van der Waals surface area contributed by atoms with Crippen LogP contribution in [0.2, 0.25) is 0 Å². The molecule has 0 spiro atoms. The summed E-state index contributed by atoms with van der Waals surface area (Å²) in [7, 11) is -4.11. The van der Waals surface area contributed by atoms with Crippen molar-refractivity contribution >= 4 is 32.7 Å². The Morgan fingerprint density at radius 3 is 2.38 bits per heavy atom. The number of nitrogens with zero attached hydrogens (tertiary/aromatic N) is 4. The van der Waals surface area contributed by atoms with E-state index >= 15 is 0 Å². The second-order valence-electron chi connectivity index (χ2n) is 9.14. The largest absolute Gasteiger partial charge is 0.417 e. The maximum absolute atomic E-state index is 12.9. The summed E-state index contributed by atoms with van der Waals surface area (Å²) in [4.78, 5) is 12.7. The molecule has 204 valence electrons. The van der Waals surface area contributed by atoms with Crippen molar-refractivity contribution in [1.29, 1.82) is 0 Å². The summed E-state index contributed by atoms with van der Waals surface area (Å²) in [6, 6.07) is 18.9. The molecule has 0 aliphatic heterocycles. The number of halogens is 3. The van der Waals surface area contributed by atoms with Gasteiger partial charge in [0.25, 0.3) is 5.52 Å². The molecule has 0 aliphatic rings. The van der Waals surface area contributed by atoms with Gasteiger partial charge in [-0.15, -0.1) is 4.28 Å². The van der Waals surface area contributed by atoms with E-state index in [0.29, 0.717) is 28.2 Å². The lowest BCUT2D eigenvalue weighted by atomic mass is 9.96. The van der Waals surface area contributed by atoms with Crippen molar-refractivity contribution in [2.24, 2.45) is 0 Å². The molecule has 0 radical (unpaired) electrons. The van der Waals surface area contributed by atoms with Gasteiger partial charge >= 0.3 is 16.3 Å². The van der Waals surface area contributed by atoms with E-state index in [1.807, 2.05) is 32.0 Å². The first kappa shape index (κ1) is 27.0. The van der Waals surface area contributed by atoms with E-state index in [-0.39, 0.29) is 16.6 Å². The summed E-state index contributed by atoms with van der Waals surface area (Å²) in [6.07, 6.45) is -0.898. The van der Waals surface area contributed by atoms with Gasteiger partial charge in [0.05, 0.1) is 16.6 Å². The Balaban J connectivity index is 1.55. The van der Waals surface area contributed by atoms with Gasteiger partial charge in [-0.2, -0.15) is 21.6 Å². The number of pyridine rings is 2. The van der Waals surface area contributed by atoms with Gasteiger partial charge in [-0.3, -0.25) is 0 Å². The molecule has 0 bridgehead atoms. The number of nitrogens with one attached hydrogen (secondary N) is 1. The van der Waals surface area contributed by atoms with Crippen LogP contribution in [0.5, 0.6) is 0 Å². The predicted molar refractivity (Wildman–Crippen MR) is 142 cm³/mol. The quantitative estimate of drug-likeness (QED) is 0.253. The SMILES string of the molecule is CC(C)c1c(Nc2ccc(C(F)(F)F)cn2)ncnc1-c1ccc2ccc[n+](OS(=O)(=O)c3ccccc3)c2c1. The Labute approximate surface area is 228 Å². The first-order valence-corrected chi connectivity index (χ1v) is 13.5. The third-order valence-corrected chi connectivity index (χ3v) is 7.25.